The lowest BCUT2D eigenvalue weighted by Gasteiger charge is -2.25. The minimum absolute atomic E-state index is 0.0352. The van der Waals surface area contributed by atoms with Crippen LogP contribution in [0.1, 0.15) is 37.0 Å². The van der Waals surface area contributed by atoms with Gasteiger partial charge in [0, 0.05) is 6.04 Å². The summed E-state index contributed by atoms with van der Waals surface area (Å²) < 4.78 is 2.38. The van der Waals surface area contributed by atoms with Gasteiger partial charge in [0.05, 0.1) is 16.4 Å². The summed E-state index contributed by atoms with van der Waals surface area (Å²) in [6, 6.07) is 8.92. The summed E-state index contributed by atoms with van der Waals surface area (Å²) in [7, 11) is 0. The molecule has 1 fully saturated rings. The Morgan fingerprint density at radius 3 is 2.78 bits per heavy atom. The number of alkyl halides is 1. The van der Waals surface area contributed by atoms with Gasteiger partial charge in [-0.1, -0.05) is 12.1 Å². The number of thioether (sulfide) groups is 1. The second-order valence-corrected chi connectivity index (χ2v) is 6.67. The summed E-state index contributed by atoms with van der Waals surface area (Å²) in [6.45, 7) is 2.01. The van der Waals surface area contributed by atoms with E-state index in [9.17, 15) is 0 Å². The number of rotatable bonds is 2. The maximum Gasteiger partial charge on any atom is 0.127 e. The number of aromatic nitrogens is 2. The van der Waals surface area contributed by atoms with Gasteiger partial charge < -0.3 is 4.57 Å². The van der Waals surface area contributed by atoms with Gasteiger partial charge in [0.15, 0.2) is 0 Å². The molecule has 1 aliphatic heterocycles. The van der Waals surface area contributed by atoms with Crippen LogP contribution in [0.25, 0.3) is 11.0 Å². The van der Waals surface area contributed by atoms with E-state index in [1.807, 2.05) is 24.8 Å². The third kappa shape index (κ3) is 2.14. The molecule has 2 heterocycles. The second kappa shape index (κ2) is 5.14. The topological polar surface area (TPSA) is 17.8 Å². The van der Waals surface area contributed by atoms with Gasteiger partial charge in [-0.25, -0.2) is 4.98 Å². The number of nitrogens with zero attached hydrogens (tertiary/aromatic N) is 2. The number of imidazole rings is 1. The Morgan fingerprint density at radius 2 is 2.06 bits per heavy atom. The van der Waals surface area contributed by atoms with Crippen molar-refractivity contribution in [3.8, 4) is 0 Å². The van der Waals surface area contributed by atoms with Crippen LogP contribution in [0.3, 0.4) is 0 Å². The number of hydrogen-bond acceptors (Lipinski definition) is 2. The van der Waals surface area contributed by atoms with Crippen molar-refractivity contribution in [1.29, 1.82) is 0 Å². The van der Waals surface area contributed by atoms with Crippen molar-refractivity contribution < 1.29 is 0 Å². The fourth-order valence-electron chi connectivity index (χ4n) is 2.67. The number of benzene rings is 1. The molecule has 0 aliphatic carbocycles. The molecule has 4 heteroatoms. The Balaban J connectivity index is 2.14. The Kier molecular flexibility index (Phi) is 3.53. The monoisotopic (exact) mass is 280 g/mol. The first kappa shape index (κ1) is 12.4. The zero-order chi connectivity index (χ0) is 12.5. The lowest BCUT2D eigenvalue weighted by molar-refractivity contribution is 0.464. The van der Waals surface area contributed by atoms with Crippen LogP contribution in [0.5, 0.6) is 0 Å². The molecule has 0 bridgehead atoms. The molecule has 3 rings (SSSR count). The van der Waals surface area contributed by atoms with Crippen molar-refractivity contribution in [2.75, 3.05) is 11.5 Å². The molecule has 0 saturated carbocycles. The van der Waals surface area contributed by atoms with E-state index in [-0.39, 0.29) is 5.38 Å². The SMILES string of the molecule is CC(Cl)c1nc2ccccc2n1C1CCSCC1. The van der Waals surface area contributed by atoms with Crippen molar-refractivity contribution in [1.82, 2.24) is 9.55 Å². The van der Waals surface area contributed by atoms with E-state index in [0.717, 1.165) is 11.3 Å². The molecule has 0 spiro atoms. The van der Waals surface area contributed by atoms with Crippen molar-refractivity contribution in [3.63, 3.8) is 0 Å². The summed E-state index contributed by atoms with van der Waals surface area (Å²) in [5.74, 6) is 3.51. The van der Waals surface area contributed by atoms with E-state index >= 15 is 0 Å². The highest BCUT2D eigenvalue weighted by Crippen LogP contribution is 2.34. The van der Waals surface area contributed by atoms with Crippen molar-refractivity contribution in [2.45, 2.75) is 31.2 Å². The average Bonchev–Trinajstić information content (AvgIpc) is 2.79. The molecule has 2 aromatic rings. The van der Waals surface area contributed by atoms with E-state index in [1.165, 1.54) is 29.9 Å². The molecule has 0 N–H and O–H groups in total. The Labute approximate surface area is 117 Å². The molecule has 18 heavy (non-hydrogen) atoms. The van der Waals surface area contributed by atoms with Crippen molar-refractivity contribution >= 4 is 34.4 Å². The summed E-state index contributed by atoms with van der Waals surface area (Å²) in [5, 5.41) is -0.0352. The van der Waals surface area contributed by atoms with Crippen LogP contribution in [0.2, 0.25) is 0 Å². The lowest BCUT2D eigenvalue weighted by Crippen LogP contribution is -2.17. The van der Waals surface area contributed by atoms with E-state index in [1.54, 1.807) is 0 Å². The average molecular weight is 281 g/mol. The second-order valence-electron chi connectivity index (χ2n) is 4.79. The molecule has 1 atom stereocenters. The maximum absolute atomic E-state index is 6.31. The molecule has 1 unspecified atom stereocenters. The van der Waals surface area contributed by atoms with E-state index in [2.05, 4.69) is 22.8 Å². The normalized spacial score (nSPS) is 19.2. The van der Waals surface area contributed by atoms with Crippen LogP contribution >= 0.6 is 23.4 Å². The minimum Gasteiger partial charge on any atom is -0.324 e. The molecule has 1 aromatic carbocycles. The number of fused-ring (bicyclic) bond motifs is 1. The third-order valence-corrected chi connectivity index (χ3v) is 4.78. The Bertz CT molecular complexity index is 544. The van der Waals surface area contributed by atoms with Crippen LogP contribution in [0, 0.1) is 0 Å². The molecule has 1 saturated heterocycles. The van der Waals surface area contributed by atoms with Crippen LogP contribution in [-0.2, 0) is 0 Å². The van der Waals surface area contributed by atoms with Crippen LogP contribution in [-0.4, -0.2) is 21.1 Å². The minimum atomic E-state index is -0.0352. The van der Waals surface area contributed by atoms with Gasteiger partial charge in [0.25, 0.3) is 0 Å². The van der Waals surface area contributed by atoms with E-state index in [0.29, 0.717) is 6.04 Å². The molecule has 96 valence electrons. The van der Waals surface area contributed by atoms with Crippen LogP contribution in [0.4, 0.5) is 0 Å². The molecule has 1 aliphatic rings. The quantitative estimate of drug-likeness (QED) is 0.759. The van der Waals surface area contributed by atoms with Crippen LogP contribution in [0.15, 0.2) is 24.3 Å². The van der Waals surface area contributed by atoms with Gasteiger partial charge in [-0.15, -0.1) is 11.6 Å². The van der Waals surface area contributed by atoms with Gasteiger partial charge >= 0.3 is 0 Å². The van der Waals surface area contributed by atoms with Gasteiger partial charge in [0.1, 0.15) is 5.82 Å². The number of halogens is 1. The molecule has 0 radical (unpaired) electrons. The fourth-order valence-corrected chi connectivity index (χ4v) is 3.91. The highest BCUT2D eigenvalue weighted by atomic mass is 35.5. The van der Waals surface area contributed by atoms with Gasteiger partial charge in [-0.05, 0) is 43.4 Å². The van der Waals surface area contributed by atoms with Gasteiger partial charge in [-0.2, -0.15) is 11.8 Å². The molecule has 2 nitrogen and oxygen atoms in total. The van der Waals surface area contributed by atoms with E-state index in [4.69, 9.17) is 16.6 Å². The van der Waals surface area contributed by atoms with Gasteiger partial charge in [0.2, 0.25) is 0 Å². The Morgan fingerprint density at radius 1 is 1.33 bits per heavy atom. The summed E-state index contributed by atoms with van der Waals surface area (Å²) >= 11 is 8.36. The largest absolute Gasteiger partial charge is 0.324 e. The zero-order valence-corrected chi connectivity index (χ0v) is 12.0. The first-order valence-corrected chi connectivity index (χ1v) is 8.05. The van der Waals surface area contributed by atoms with Crippen molar-refractivity contribution in [3.05, 3.63) is 30.1 Å². The number of hydrogen-bond donors (Lipinski definition) is 0. The summed E-state index contributed by atoms with van der Waals surface area (Å²) in [5.41, 5.74) is 2.30. The van der Waals surface area contributed by atoms with Crippen molar-refractivity contribution in [2.24, 2.45) is 0 Å². The predicted octanol–water partition coefficient (Wildman–Crippen LogP) is 4.40. The number of para-hydroxylation sites is 2. The molecule has 0 amide bonds. The standard InChI is InChI=1S/C14H17ClN2S/c1-10(15)14-16-12-4-2-3-5-13(12)17(14)11-6-8-18-9-7-11/h2-5,10-11H,6-9H2,1H3. The molecular formula is C14H17ClN2S. The van der Waals surface area contributed by atoms with Gasteiger partial charge in [-0.3, -0.25) is 0 Å². The first-order chi connectivity index (χ1) is 8.77. The smallest absolute Gasteiger partial charge is 0.127 e. The first-order valence-electron chi connectivity index (χ1n) is 6.46. The maximum atomic E-state index is 6.31. The summed E-state index contributed by atoms with van der Waals surface area (Å²) in [6.07, 6.45) is 2.45. The highest BCUT2D eigenvalue weighted by Gasteiger charge is 2.23. The lowest BCUT2D eigenvalue weighted by atomic mass is 10.1. The molecule has 1 aromatic heterocycles. The van der Waals surface area contributed by atoms with E-state index < -0.39 is 0 Å². The fraction of sp³-hybridized carbons (Fsp3) is 0.500. The summed E-state index contributed by atoms with van der Waals surface area (Å²) in [4.78, 5) is 4.71. The third-order valence-electron chi connectivity index (χ3n) is 3.53. The van der Waals surface area contributed by atoms with Crippen LogP contribution < -0.4 is 0 Å². The Hall–Kier alpha value is -0.670. The predicted molar refractivity (Wildman–Crippen MR) is 79.6 cm³/mol. The zero-order valence-electron chi connectivity index (χ0n) is 10.5. The molecular weight excluding hydrogens is 264 g/mol. The highest BCUT2D eigenvalue weighted by molar-refractivity contribution is 7.99.